The number of nitrogens with one attached hydrogen (secondary N) is 2. The second-order valence-electron chi connectivity index (χ2n) is 5.76. The van der Waals surface area contributed by atoms with E-state index < -0.39 is 5.60 Å². The SMILES string of the molecule is CCNC(=NCC(C)(O)c1ccco1)NCCCCCC(=O)OC.I. The quantitative estimate of drug-likeness (QED) is 0.161. The molecule has 7 nitrogen and oxygen atoms in total. The Morgan fingerprint density at radius 2 is 2.12 bits per heavy atom. The van der Waals surface area contributed by atoms with Crippen LogP contribution in [0.4, 0.5) is 0 Å². The van der Waals surface area contributed by atoms with E-state index in [9.17, 15) is 9.90 Å². The molecule has 0 bridgehead atoms. The van der Waals surface area contributed by atoms with E-state index in [0.29, 0.717) is 18.1 Å². The number of unbranched alkanes of at least 4 members (excludes halogenated alkanes) is 2. The molecule has 0 saturated heterocycles. The van der Waals surface area contributed by atoms with Crippen molar-refractivity contribution < 1.29 is 19.1 Å². The van der Waals surface area contributed by atoms with E-state index in [1.54, 1.807) is 19.1 Å². The van der Waals surface area contributed by atoms with E-state index in [1.165, 1.54) is 13.4 Å². The van der Waals surface area contributed by atoms with Crippen LogP contribution in [0.2, 0.25) is 0 Å². The number of rotatable bonds is 10. The van der Waals surface area contributed by atoms with Gasteiger partial charge in [-0.05, 0) is 38.8 Å². The molecule has 0 amide bonds. The van der Waals surface area contributed by atoms with Gasteiger partial charge in [-0.3, -0.25) is 4.79 Å². The maximum atomic E-state index is 11.0. The Labute approximate surface area is 166 Å². The van der Waals surface area contributed by atoms with Gasteiger partial charge in [-0.2, -0.15) is 0 Å². The number of aliphatic imine (C=N–C) groups is 1. The predicted molar refractivity (Wildman–Crippen MR) is 108 cm³/mol. The molecule has 0 aromatic carbocycles. The van der Waals surface area contributed by atoms with Crippen LogP contribution in [0.3, 0.4) is 0 Å². The van der Waals surface area contributed by atoms with Gasteiger partial charge < -0.3 is 24.9 Å². The van der Waals surface area contributed by atoms with Gasteiger partial charge in [0.1, 0.15) is 11.4 Å². The Bertz CT molecular complexity index is 504. The summed E-state index contributed by atoms with van der Waals surface area (Å²) in [6, 6.07) is 3.47. The van der Waals surface area contributed by atoms with Crippen molar-refractivity contribution in [1.82, 2.24) is 10.6 Å². The zero-order valence-corrected chi connectivity index (χ0v) is 17.5. The summed E-state index contributed by atoms with van der Waals surface area (Å²) >= 11 is 0. The monoisotopic (exact) mass is 467 g/mol. The maximum Gasteiger partial charge on any atom is 0.305 e. The lowest BCUT2D eigenvalue weighted by atomic mass is 10.0. The Kier molecular flexibility index (Phi) is 12.3. The van der Waals surface area contributed by atoms with Gasteiger partial charge in [0.25, 0.3) is 0 Å². The Morgan fingerprint density at radius 3 is 2.72 bits per heavy atom. The largest absolute Gasteiger partial charge is 0.469 e. The fraction of sp³-hybridized carbons (Fsp3) is 0.647. The molecule has 3 N–H and O–H groups in total. The number of aliphatic hydroxyl groups is 1. The molecule has 8 heteroatoms. The van der Waals surface area contributed by atoms with Crippen molar-refractivity contribution >= 4 is 35.9 Å². The molecule has 144 valence electrons. The Hall–Kier alpha value is -1.29. The van der Waals surface area contributed by atoms with Crippen LogP contribution in [-0.4, -0.2) is 43.8 Å². The van der Waals surface area contributed by atoms with Gasteiger partial charge >= 0.3 is 5.97 Å². The van der Waals surface area contributed by atoms with Crippen molar-refractivity contribution in [2.75, 3.05) is 26.7 Å². The summed E-state index contributed by atoms with van der Waals surface area (Å²) in [7, 11) is 1.40. The van der Waals surface area contributed by atoms with E-state index in [-0.39, 0.29) is 36.5 Å². The highest BCUT2D eigenvalue weighted by atomic mass is 127. The van der Waals surface area contributed by atoms with Crippen LogP contribution in [0.15, 0.2) is 27.8 Å². The predicted octanol–water partition coefficient (Wildman–Crippen LogP) is 2.39. The standard InChI is InChI=1S/C17H29N3O4.HI/c1-4-18-16(19-11-7-5-6-10-15(21)23-3)20-13-17(2,22)14-9-8-12-24-14;/h8-9,12,22H,4-7,10-11,13H2,1-3H3,(H2,18,19,20);1H. The summed E-state index contributed by atoms with van der Waals surface area (Å²) in [6.45, 7) is 5.33. The first-order valence-electron chi connectivity index (χ1n) is 8.35. The molecule has 0 aliphatic carbocycles. The summed E-state index contributed by atoms with van der Waals surface area (Å²) in [6.07, 6.45) is 4.67. The second kappa shape index (κ2) is 13.0. The highest BCUT2D eigenvalue weighted by molar-refractivity contribution is 14.0. The molecule has 0 aliphatic rings. The lowest BCUT2D eigenvalue weighted by Crippen LogP contribution is -2.39. The number of carbonyl (C=O) groups is 1. The minimum atomic E-state index is -1.15. The molecule has 1 aromatic rings. The highest BCUT2D eigenvalue weighted by Gasteiger charge is 2.25. The second-order valence-corrected chi connectivity index (χ2v) is 5.76. The van der Waals surface area contributed by atoms with Crippen LogP contribution in [0.5, 0.6) is 0 Å². The number of hydrogen-bond acceptors (Lipinski definition) is 5. The molecule has 25 heavy (non-hydrogen) atoms. The van der Waals surface area contributed by atoms with Gasteiger partial charge in [-0.15, -0.1) is 24.0 Å². The van der Waals surface area contributed by atoms with Crippen molar-refractivity contribution in [2.24, 2.45) is 4.99 Å². The van der Waals surface area contributed by atoms with Crippen molar-refractivity contribution in [1.29, 1.82) is 0 Å². The number of hydrogen-bond donors (Lipinski definition) is 3. The minimum absolute atomic E-state index is 0. The van der Waals surface area contributed by atoms with E-state index >= 15 is 0 Å². The van der Waals surface area contributed by atoms with Crippen molar-refractivity contribution in [2.45, 2.75) is 45.1 Å². The molecule has 1 aromatic heterocycles. The zero-order chi connectivity index (χ0) is 17.8. The molecule has 0 saturated carbocycles. The average molecular weight is 467 g/mol. The van der Waals surface area contributed by atoms with E-state index in [1.807, 2.05) is 6.92 Å². The maximum absolute atomic E-state index is 11.0. The van der Waals surface area contributed by atoms with E-state index in [0.717, 1.165) is 32.4 Å². The normalized spacial score (nSPS) is 13.5. The molecular weight excluding hydrogens is 437 g/mol. The molecular formula is C17H30IN3O4. The summed E-state index contributed by atoms with van der Waals surface area (Å²) in [5.74, 6) is 0.972. The fourth-order valence-electron chi connectivity index (χ4n) is 2.12. The van der Waals surface area contributed by atoms with Gasteiger partial charge in [0, 0.05) is 19.5 Å². The Balaban J connectivity index is 0.00000576. The summed E-state index contributed by atoms with van der Waals surface area (Å²) in [5, 5.41) is 16.8. The molecule has 0 aliphatic heterocycles. The van der Waals surface area contributed by atoms with Gasteiger partial charge in [0.15, 0.2) is 5.96 Å². The molecule has 1 heterocycles. The van der Waals surface area contributed by atoms with Crippen LogP contribution >= 0.6 is 24.0 Å². The minimum Gasteiger partial charge on any atom is -0.469 e. The number of carbonyl (C=O) groups excluding carboxylic acids is 1. The third kappa shape index (κ3) is 9.69. The molecule has 0 radical (unpaired) electrons. The summed E-state index contributed by atoms with van der Waals surface area (Å²) in [5.41, 5.74) is -1.15. The van der Waals surface area contributed by atoms with Crippen LogP contribution < -0.4 is 10.6 Å². The van der Waals surface area contributed by atoms with Crippen molar-refractivity contribution in [3.63, 3.8) is 0 Å². The summed E-state index contributed by atoms with van der Waals surface area (Å²) < 4.78 is 9.85. The number of halogens is 1. The first kappa shape index (κ1) is 23.7. The van der Waals surface area contributed by atoms with E-state index in [2.05, 4.69) is 20.4 Å². The zero-order valence-electron chi connectivity index (χ0n) is 15.2. The Morgan fingerprint density at radius 1 is 1.36 bits per heavy atom. The third-order valence-corrected chi connectivity index (χ3v) is 3.52. The number of furan rings is 1. The number of ether oxygens (including phenoxy) is 1. The molecule has 0 fully saturated rings. The number of guanidine groups is 1. The number of nitrogens with zero attached hydrogens (tertiary/aromatic N) is 1. The van der Waals surface area contributed by atoms with Gasteiger partial charge in [0.2, 0.25) is 0 Å². The van der Waals surface area contributed by atoms with Crippen molar-refractivity contribution in [3.8, 4) is 0 Å². The molecule has 1 unspecified atom stereocenters. The van der Waals surface area contributed by atoms with Gasteiger partial charge in [-0.25, -0.2) is 4.99 Å². The third-order valence-electron chi connectivity index (χ3n) is 3.52. The smallest absolute Gasteiger partial charge is 0.305 e. The first-order valence-corrected chi connectivity index (χ1v) is 8.35. The van der Waals surface area contributed by atoms with Gasteiger partial charge in [-0.1, -0.05) is 6.42 Å². The van der Waals surface area contributed by atoms with Crippen LogP contribution in [0, 0.1) is 0 Å². The molecule has 1 rings (SSSR count). The van der Waals surface area contributed by atoms with Crippen molar-refractivity contribution in [3.05, 3.63) is 24.2 Å². The lowest BCUT2D eigenvalue weighted by Gasteiger charge is -2.19. The van der Waals surface area contributed by atoms with Crippen LogP contribution in [0.25, 0.3) is 0 Å². The van der Waals surface area contributed by atoms with Crippen LogP contribution in [-0.2, 0) is 15.1 Å². The van der Waals surface area contributed by atoms with Gasteiger partial charge in [0.05, 0.1) is 19.9 Å². The van der Waals surface area contributed by atoms with Crippen LogP contribution in [0.1, 0.15) is 45.3 Å². The topological polar surface area (TPSA) is 96.1 Å². The average Bonchev–Trinajstić information content (AvgIpc) is 3.10. The lowest BCUT2D eigenvalue weighted by molar-refractivity contribution is -0.140. The molecule has 1 atom stereocenters. The highest BCUT2D eigenvalue weighted by Crippen LogP contribution is 2.20. The number of methoxy groups -OCH3 is 1. The summed E-state index contributed by atoms with van der Waals surface area (Å²) in [4.78, 5) is 15.4. The molecule has 0 spiro atoms. The number of esters is 1. The van der Waals surface area contributed by atoms with E-state index in [4.69, 9.17) is 4.42 Å². The fourth-order valence-corrected chi connectivity index (χ4v) is 2.12. The first-order chi connectivity index (χ1) is 11.5.